The molecule has 0 radical (unpaired) electrons. The molecule has 0 spiro atoms. The fraction of sp³-hybridized carbons (Fsp3) is 0.235. The van der Waals surface area contributed by atoms with Crippen LogP contribution in [0.2, 0.25) is 0 Å². The lowest BCUT2D eigenvalue weighted by molar-refractivity contribution is 0.0993. The Morgan fingerprint density at radius 3 is 1.95 bits per heavy atom. The number of aryl methyl sites for hydroxylation is 1. The third-order valence-corrected chi connectivity index (χ3v) is 3.31. The van der Waals surface area contributed by atoms with Gasteiger partial charge < -0.3 is 5.73 Å². The zero-order valence-corrected chi connectivity index (χ0v) is 11.2. The molecule has 2 N–H and O–H groups in total. The number of nitrogens with two attached hydrogens (primary N) is 1. The van der Waals surface area contributed by atoms with E-state index in [-0.39, 0.29) is 5.78 Å². The minimum absolute atomic E-state index is 0.146. The summed E-state index contributed by atoms with van der Waals surface area (Å²) in [4.78, 5) is 12.1. The highest BCUT2D eigenvalue weighted by atomic mass is 16.1. The van der Waals surface area contributed by atoms with E-state index in [1.165, 1.54) is 5.56 Å². The molecule has 0 fully saturated rings. The fourth-order valence-corrected chi connectivity index (χ4v) is 2.01. The van der Waals surface area contributed by atoms with Crippen LogP contribution in [0, 0.1) is 0 Å². The third-order valence-electron chi connectivity index (χ3n) is 3.31. The van der Waals surface area contributed by atoms with Crippen LogP contribution in [0.1, 0.15) is 34.0 Å². The predicted molar refractivity (Wildman–Crippen MR) is 78.2 cm³/mol. The van der Waals surface area contributed by atoms with Gasteiger partial charge >= 0.3 is 0 Å². The van der Waals surface area contributed by atoms with Gasteiger partial charge in [0.15, 0.2) is 5.78 Å². The van der Waals surface area contributed by atoms with Crippen LogP contribution in [0.3, 0.4) is 0 Å². The van der Waals surface area contributed by atoms with E-state index in [1.807, 2.05) is 36.4 Å². The van der Waals surface area contributed by atoms with E-state index in [0.717, 1.165) is 23.1 Å². The second kappa shape index (κ2) is 6.30. The molecule has 0 unspecified atom stereocenters. The predicted octanol–water partition coefficient (Wildman–Crippen LogP) is 3.13. The van der Waals surface area contributed by atoms with Crippen LogP contribution < -0.4 is 5.73 Å². The van der Waals surface area contributed by atoms with Crippen LogP contribution in [-0.2, 0) is 19.4 Å². The number of carbonyl (C=O) groups excluding carboxylic acids is 1. The Balaban J connectivity index is 2.06. The maximum Gasteiger partial charge on any atom is 0.167 e. The lowest BCUT2D eigenvalue weighted by Crippen LogP contribution is -2.04. The van der Waals surface area contributed by atoms with E-state index in [9.17, 15) is 4.79 Å². The summed E-state index contributed by atoms with van der Waals surface area (Å²) in [5.41, 5.74) is 9.69. The number of Topliss-reactive ketones (excluding diaryl/α,β-unsaturated/α-hetero) is 1. The third kappa shape index (κ3) is 3.52. The number of ketones is 1. The first-order valence-electron chi connectivity index (χ1n) is 6.63. The van der Waals surface area contributed by atoms with Gasteiger partial charge in [-0.15, -0.1) is 0 Å². The van der Waals surface area contributed by atoms with E-state index in [1.54, 1.807) is 0 Å². The average molecular weight is 253 g/mol. The van der Waals surface area contributed by atoms with Crippen LogP contribution >= 0.6 is 0 Å². The van der Waals surface area contributed by atoms with Crippen molar-refractivity contribution in [2.75, 3.05) is 0 Å². The lowest BCUT2D eigenvalue weighted by Gasteiger charge is -2.04. The zero-order valence-electron chi connectivity index (χ0n) is 11.2. The second-order valence-corrected chi connectivity index (χ2v) is 4.67. The molecule has 0 saturated heterocycles. The summed E-state index contributed by atoms with van der Waals surface area (Å²) >= 11 is 0. The van der Waals surface area contributed by atoms with Gasteiger partial charge in [-0.05, 0) is 23.1 Å². The standard InChI is InChI=1S/C17H19NO/c1-2-13-3-5-14(6-4-13)11-17(19)16-9-7-15(12-18)8-10-16/h3-10H,2,11-12,18H2,1H3. The summed E-state index contributed by atoms with van der Waals surface area (Å²) in [5, 5.41) is 0. The number of rotatable bonds is 5. The quantitative estimate of drug-likeness (QED) is 0.832. The summed E-state index contributed by atoms with van der Waals surface area (Å²) in [6.07, 6.45) is 1.47. The Morgan fingerprint density at radius 1 is 0.895 bits per heavy atom. The molecule has 0 aliphatic rings. The van der Waals surface area contributed by atoms with Crippen molar-refractivity contribution in [1.82, 2.24) is 0 Å². The smallest absolute Gasteiger partial charge is 0.167 e. The van der Waals surface area contributed by atoms with Gasteiger partial charge in [0.05, 0.1) is 0 Å². The maximum atomic E-state index is 12.1. The van der Waals surface area contributed by atoms with Crippen LogP contribution in [0.4, 0.5) is 0 Å². The van der Waals surface area contributed by atoms with Crippen molar-refractivity contribution in [3.63, 3.8) is 0 Å². The van der Waals surface area contributed by atoms with Gasteiger partial charge in [0, 0.05) is 18.5 Å². The first kappa shape index (κ1) is 13.5. The van der Waals surface area contributed by atoms with E-state index in [2.05, 4.69) is 19.1 Å². The van der Waals surface area contributed by atoms with Crippen LogP contribution in [0.5, 0.6) is 0 Å². The van der Waals surface area contributed by atoms with Gasteiger partial charge in [-0.2, -0.15) is 0 Å². The summed E-state index contributed by atoms with van der Waals surface area (Å²) in [5.74, 6) is 0.146. The summed E-state index contributed by atoms with van der Waals surface area (Å²) in [6, 6.07) is 15.8. The SMILES string of the molecule is CCc1ccc(CC(=O)c2ccc(CN)cc2)cc1. The van der Waals surface area contributed by atoms with Crippen molar-refractivity contribution in [1.29, 1.82) is 0 Å². The van der Waals surface area contributed by atoms with Crippen LogP contribution in [0.25, 0.3) is 0 Å². The first-order chi connectivity index (χ1) is 9.22. The van der Waals surface area contributed by atoms with Crippen molar-refractivity contribution in [2.45, 2.75) is 26.3 Å². The van der Waals surface area contributed by atoms with Crippen molar-refractivity contribution >= 4 is 5.78 Å². The Bertz CT molecular complexity index is 540. The van der Waals surface area contributed by atoms with Gasteiger partial charge in [-0.3, -0.25) is 4.79 Å². The largest absolute Gasteiger partial charge is 0.326 e. The highest BCUT2D eigenvalue weighted by Crippen LogP contribution is 2.11. The summed E-state index contributed by atoms with van der Waals surface area (Å²) < 4.78 is 0. The molecule has 2 nitrogen and oxygen atoms in total. The summed E-state index contributed by atoms with van der Waals surface area (Å²) in [7, 11) is 0. The molecular formula is C17H19NO. The van der Waals surface area contributed by atoms with Crippen molar-refractivity contribution in [2.24, 2.45) is 5.73 Å². The highest BCUT2D eigenvalue weighted by Gasteiger charge is 2.06. The minimum atomic E-state index is 0.146. The second-order valence-electron chi connectivity index (χ2n) is 4.67. The van der Waals surface area contributed by atoms with Gasteiger partial charge in [-0.25, -0.2) is 0 Å². The molecule has 19 heavy (non-hydrogen) atoms. The Labute approximate surface area is 114 Å². The molecule has 0 heterocycles. The molecule has 2 rings (SSSR count). The molecule has 0 aliphatic carbocycles. The molecule has 2 aromatic carbocycles. The monoisotopic (exact) mass is 253 g/mol. The normalized spacial score (nSPS) is 10.4. The topological polar surface area (TPSA) is 43.1 Å². The summed E-state index contributed by atoms with van der Waals surface area (Å²) in [6.45, 7) is 2.63. The highest BCUT2D eigenvalue weighted by molar-refractivity contribution is 5.97. The number of hydrogen-bond acceptors (Lipinski definition) is 2. The van der Waals surface area contributed by atoms with Gasteiger partial charge in [0.2, 0.25) is 0 Å². The minimum Gasteiger partial charge on any atom is -0.326 e. The van der Waals surface area contributed by atoms with Crippen molar-refractivity contribution < 1.29 is 4.79 Å². The van der Waals surface area contributed by atoms with E-state index < -0.39 is 0 Å². The number of hydrogen-bond donors (Lipinski definition) is 1. The molecule has 0 aliphatic heterocycles. The fourth-order valence-electron chi connectivity index (χ4n) is 2.01. The first-order valence-corrected chi connectivity index (χ1v) is 6.63. The maximum absolute atomic E-state index is 12.1. The van der Waals surface area contributed by atoms with E-state index in [0.29, 0.717) is 13.0 Å². The molecule has 0 aromatic heterocycles. The molecule has 0 saturated carbocycles. The number of carbonyl (C=O) groups is 1. The van der Waals surface area contributed by atoms with Gasteiger partial charge in [-0.1, -0.05) is 55.5 Å². The molecule has 98 valence electrons. The van der Waals surface area contributed by atoms with Crippen molar-refractivity contribution in [3.8, 4) is 0 Å². The Hall–Kier alpha value is -1.93. The van der Waals surface area contributed by atoms with Crippen LogP contribution in [-0.4, -0.2) is 5.78 Å². The molecule has 2 heteroatoms. The van der Waals surface area contributed by atoms with E-state index in [4.69, 9.17) is 5.73 Å². The van der Waals surface area contributed by atoms with Gasteiger partial charge in [0.1, 0.15) is 0 Å². The average Bonchev–Trinajstić information content (AvgIpc) is 2.48. The van der Waals surface area contributed by atoms with E-state index >= 15 is 0 Å². The van der Waals surface area contributed by atoms with Crippen LogP contribution in [0.15, 0.2) is 48.5 Å². The Kier molecular flexibility index (Phi) is 4.48. The molecule has 0 atom stereocenters. The molecular weight excluding hydrogens is 234 g/mol. The molecule has 0 amide bonds. The van der Waals surface area contributed by atoms with Crippen molar-refractivity contribution in [3.05, 3.63) is 70.8 Å². The molecule has 2 aromatic rings. The molecule has 0 bridgehead atoms. The zero-order chi connectivity index (χ0) is 13.7. The number of benzene rings is 2. The van der Waals surface area contributed by atoms with Gasteiger partial charge in [0.25, 0.3) is 0 Å². The lowest BCUT2D eigenvalue weighted by atomic mass is 10.0. The Morgan fingerprint density at radius 2 is 1.42 bits per heavy atom.